The van der Waals surface area contributed by atoms with Gasteiger partial charge < -0.3 is 19.8 Å². The fourth-order valence-electron chi connectivity index (χ4n) is 1.53. The molecule has 0 atom stereocenters. The molecule has 0 aromatic heterocycles. The third kappa shape index (κ3) is 8.57. The third-order valence-electron chi connectivity index (χ3n) is 2.39. The Kier molecular flexibility index (Phi) is 7.33. The van der Waals surface area contributed by atoms with Crippen molar-refractivity contribution in [3.63, 3.8) is 0 Å². The van der Waals surface area contributed by atoms with Crippen LogP contribution in [-0.2, 0) is 4.79 Å². The second-order valence-electron chi connectivity index (χ2n) is 4.73. The highest BCUT2D eigenvalue weighted by atomic mass is 19.4. The van der Waals surface area contributed by atoms with Gasteiger partial charge in [-0.05, 0) is 27.1 Å². The van der Waals surface area contributed by atoms with Crippen molar-refractivity contribution in [1.29, 1.82) is 0 Å². The van der Waals surface area contributed by atoms with Gasteiger partial charge in [0.15, 0.2) is 0 Å². The summed E-state index contributed by atoms with van der Waals surface area (Å²) in [4.78, 5) is 25.6. The predicted molar refractivity (Wildman–Crippen MR) is 66.5 cm³/mol. The summed E-state index contributed by atoms with van der Waals surface area (Å²) in [6, 6.07) is -0.941. The maximum Gasteiger partial charge on any atom is 0.406 e. The summed E-state index contributed by atoms with van der Waals surface area (Å²) in [7, 11) is 5.02. The van der Waals surface area contributed by atoms with E-state index in [1.54, 1.807) is 0 Å². The number of hydrogen-bond acceptors (Lipinski definition) is 3. The predicted octanol–water partition coefficient (Wildman–Crippen LogP) is 0.939. The van der Waals surface area contributed by atoms with Crippen LogP contribution in [0.25, 0.3) is 0 Å². The molecule has 0 radical (unpaired) electrons. The van der Waals surface area contributed by atoms with Crippen LogP contribution < -0.4 is 0 Å². The van der Waals surface area contributed by atoms with Gasteiger partial charge in [0.05, 0.1) is 0 Å². The van der Waals surface area contributed by atoms with Crippen molar-refractivity contribution in [2.24, 2.45) is 0 Å². The Morgan fingerprint density at radius 2 is 1.65 bits per heavy atom. The Hall–Kier alpha value is -1.51. The van der Waals surface area contributed by atoms with Gasteiger partial charge in [-0.1, -0.05) is 0 Å². The summed E-state index contributed by atoms with van der Waals surface area (Å²) >= 11 is 0. The fraction of sp³-hybridized carbons (Fsp3) is 0.818. The van der Waals surface area contributed by atoms with Gasteiger partial charge in [0, 0.05) is 13.6 Å². The summed E-state index contributed by atoms with van der Waals surface area (Å²) in [6.07, 6.45) is -4.04. The molecule has 0 aromatic rings. The number of amides is 2. The van der Waals surface area contributed by atoms with Crippen LogP contribution in [-0.4, -0.2) is 85.3 Å². The van der Waals surface area contributed by atoms with Crippen LogP contribution in [0.5, 0.6) is 0 Å². The zero-order valence-corrected chi connectivity index (χ0v) is 11.8. The molecule has 0 aliphatic carbocycles. The maximum atomic E-state index is 12.3. The lowest BCUT2D eigenvalue weighted by molar-refractivity contribution is -0.149. The molecule has 0 spiro atoms. The van der Waals surface area contributed by atoms with Crippen molar-refractivity contribution in [3.05, 3.63) is 0 Å². The van der Waals surface area contributed by atoms with E-state index >= 15 is 0 Å². The first-order valence-corrected chi connectivity index (χ1v) is 5.96. The number of carbonyl (C=O) groups excluding carboxylic acids is 1. The molecule has 2 amide bonds. The standard InChI is InChI=1S/C11H20F3N3O3/c1-15(2)5-4-6-16(3)10(20)17(7-9(18)19)8-11(12,13)14/h4-8H2,1-3H3,(H,18,19). The van der Waals surface area contributed by atoms with Gasteiger partial charge in [-0.3, -0.25) is 4.79 Å². The Bertz CT molecular complexity index is 335. The monoisotopic (exact) mass is 299 g/mol. The lowest BCUT2D eigenvalue weighted by Crippen LogP contribution is -2.48. The fourth-order valence-corrected chi connectivity index (χ4v) is 1.53. The van der Waals surface area contributed by atoms with Crippen molar-refractivity contribution in [3.8, 4) is 0 Å². The van der Waals surface area contributed by atoms with E-state index in [1.807, 2.05) is 19.0 Å². The molecule has 0 fully saturated rings. The Morgan fingerprint density at radius 1 is 1.10 bits per heavy atom. The number of alkyl halides is 3. The van der Waals surface area contributed by atoms with Crippen LogP contribution >= 0.6 is 0 Å². The normalized spacial score (nSPS) is 11.6. The molecule has 0 rings (SSSR count). The zero-order valence-electron chi connectivity index (χ0n) is 11.8. The average Bonchev–Trinajstić information content (AvgIpc) is 2.23. The van der Waals surface area contributed by atoms with E-state index in [0.717, 1.165) is 4.90 Å². The molecule has 20 heavy (non-hydrogen) atoms. The molecule has 118 valence electrons. The maximum absolute atomic E-state index is 12.3. The number of rotatable bonds is 7. The summed E-state index contributed by atoms with van der Waals surface area (Å²) < 4.78 is 37.0. The van der Waals surface area contributed by atoms with Crippen LogP contribution in [0, 0.1) is 0 Å². The molecule has 0 unspecified atom stereocenters. The number of carboxylic acids is 1. The summed E-state index contributed by atoms with van der Waals surface area (Å²) in [5, 5.41) is 8.57. The highest BCUT2D eigenvalue weighted by Gasteiger charge is 2.34. The van der Waals surface area contributed by atoms with E-state index in [2.05, 4.69) is 0 Å². The minimum Gasteiger partial charge on any atom is -0.480 e. The lowest BCUT2D eigenvalue weighted by atomic mass is 10.3. The van der Waals surface area contributed by atoms with Gasteiger partial charge >= 0.3 is 18.2 Å². The number of aliphatic carboxylic acids is 1. The molecule has 0 aromatic carbocycles. The van der Waals surface area contributed by atoms with Crippen molar-refractivity contribution in [1.82, 2.24) is 14.7 Å². The first kappa shape index (κ1) is 18.5. The van der Waals surface area contributed by atoms with E-state index in [9.17, 15) is 22.8 Å². The second kappa shape index (κ2) is 7.93. The SMILES string of the molecule is CN(C)CCCN(C)C(=O)N(CC(=O)O)CC(F)(F)F. The van der Waals surface area contributed by atoms with Gasteiger partial charge in [-0.15, -0.1) is 0 Å². The average molecular weight is 299 g/mol. The number of urea groups is 1. The molecular weight excluding hydrogens is 279 g/mol. The molecule has 0 saturated carbocycles. The van der Waals surface area contributed by atoms with Gasteiger partial charge in [0.2, 0.25) is 0 Å². The number of nitrogens with zero attached hydrogens (tertiary/aromatic N) is 3. The van der Waals surface area contributed by atoms with Gasteiger partial charge in [0.25, 0.3) is 0 Å². The van der Waals surface area contributed by atoms with Crippen LogP contribution in [0.1, 0.15) is 6.42 Å². The molecule has 1 N–H and O–H groups in total. The van der Waals surface area contributed by atoms with Crippen molar-refractivity contribution in [2.75, 3.05) is 47.3 Å². The molecule has 0 bridgehead atoms. The number of carbonyl (C=O) groups is 2. The topological polar surface area (TPSA) is 64.1 Å². The van der Waals surface area contributed by atoms with Crippen LogP contribution in [0.2, 0.25) is 0 Å². The van der Waals surface area contributed by atoms with E-state index in [1.165, 1.54) is 7.05 Å². The van der Waals surface area contributed by atoms with Gasteiger partial charge in [0.1, 0.15) is 13.1 Å². The molecule has 9 heteroatoms. The summed E-state index contributed by atoms with van der Waals surface area (Å²) in [6.45, 7) is -1.62. The first-order valence-electron chi connectivity index (χ1n) is 5.96. The highest BCUT2D eigenvalue weighted by Crippen LogP contribution is 2.17. The molecule has 6 nitrogen and oxygen atoms in total. The first-order chi connectivity index (χ1) is 9.03. The second-order valence-corrected chi connectivity index (χ2v) is 4.73. The van der Waals surface area contributed by atoms with Crippen LogP contribution in [0.15, 0.2) is 0 Å². The van der Waals surface area contributed by atoms with E-state index < -0.39 is 31.3 Å². The molecule has 0 aliphatic heterocycles. The zero-order chi connectivity index (χ0) is 15.9. The number of hydrogen-bond donors (Lipinski definition) is 1. The smallest absolute Gasteiger partial charge is 0.406 e. The quantitative estimate of drug-likeness (QED) is 0.760. The molecule has 0 saturated heterocycles. The van der Waals surface area contributed by atoms with E-state index in [0.29, 0.717) is 13.0 Å². The third-order valence-corrected chi connectivity index (χ3v) is 2.39. The Labute approximate surface area is 115 Å². The largest absolute Gasteiger partial charge is 0.480 e. The van der Waals surface area contributed by atoms with Gasteiger partial charge in [-0.2, -0.15) is 13.2 Å². The van der Waals surface area contributed by atoms with Crippen molar-refractivity contribution in [2.45, 2.75) is 12.6 Å². The Balaban J connectivity index is 4.55. The number of halogens is 3. The van der Waals surface area contributed by atoms with Crippen molar-refractivity contribution < 1.29 is 27.9 Å². The molecular formula is C11H20F3N3O3. The van der Waals surface area contributed by atoms with E-state index in [-0.39, 0.29) is 11.4 Å². The summed E-state index contributed by atoms with van der Waals surface area (Å²) in [5.74, 6) is -1.48. The van der Waals surface area contributed by atoms with Crippen LogP contribution in [0.4, 0.5) is 18.0 Å². The van der Waals surface area contributed by atoms with Crippen LogP contribution in [0.3, 0.4) is 0 Å². The van der Waals surface area contributed by atoms with E-state index in [4.69, 9.17) is 5.11 Å². The molecule has 0 heterocycles. The summed E-state index contributed by atoms with van der Waals surface area (Å²) in [5.41, 5.74) is 0. The minimum atomic E-state index is -4.63. The molecule has 0 aliphatic rings. The Morgan fingerprint density at radius 3 is 2.05 bits per heavy atom. The minimum absolute atomic E-state index is 0.255. The highest BCUT2D eigenvalue weighted by molar-refractivity contribution is 5.80. The van der Waals surface area contributed by atoms with Gasteiger partial charge in [-0.25, -0.2) is 4.79 Å². The lowest BCUT2D eigenvalue weighted by Gasteiger charge is -2.28. The van der Waals surface area contributed by atoms with Crippen molar-refractivity contribution >= 4 is 12.0 Å². The number of carboxylic acid groups (broad SMARTS) is 1.